The summed E-state index contributed by atoms with van der Waals surface area (Å²) in [5.74, 6) is 1.58. The second kappa shape index (κ2) is 5.19. The maximum Gasteiger partial charge on any atom is 0.231 e. The predicted octanol–water partition coefficient (Wildman–Crippen LogP) is 3.34. The third-order valence-corrected chi connectivity index (χ3v) is 4.08. The highest BCUT2D eigenvalue weighted by Gasteiger charge is 2.16. The number of benzene rings is 1. The summed E-state index contributed by atoms with van der Waals surface area (Å²) in [6.45, 7) is 2.43. The molecule has 3 rings (SSSR count). The van der Waals surface area contributed by atoms with Gasteiger partial charge in [0.25, 0.3) is 0 Å². The Labute approximate surface area is 116 Å². The number of nitrogens with zero attached hydrogens (tertiary/aromatic N) is 1. The highest BCUT2D eigenvalue weighted by molar-refractivity contribution is 7.10. The molecule has 0 saturated heterocycles. The Morgan fingerprint density at radius 1 is 1.37 bits per heavy atom. The first-order valence-corrected chi connectivity index (χ1v) is 7.27. The van der Waals surface area contributed by atoms with Crippen LogP contribution >= 0.6 is 11.3 Å². The van der Waals surface area contributed by atoms with E-state index in [9.17, 15) is 0 Å². The van der Waals surface area contributed by atoms with Crippen LogP contribution in [-0.4, -0.2) is 11.8 Å². The molecule has 0 bridgehead atoms. The van der Waals surface area contributed by atoms with Gasteiger partial charge in [-0.25, -0.2) is 4.98 Å². The number of rotatable bonds is 4. The average Bonchev–Trinajstić information content (AvgIpc) is 3.07. The summed E-state index contributed by atoms with van der Waals surface area (Å²) in [6, 6.07) is 5.92. The summed E-state index contributed by atoms with van der Waals surface area (Å²) in [4.78, 5) is 4.62. The minimum absolute atomic E-state index is 0.0396. The number of ether oxygens (including phenoxy) is 2. The van der Waals surface area contributed by atoms with Gasteiger partial charge < -0.3 is 15.2 Å². The van der Waals surface area contributed by atoms with Crippen LogP contribution < -0.4 is 15.2 Å². The molecule has 0 saturated carbocycles. The number of hydrogen-bond donors (Lipinski definition) is 1. The summed E-state index contributed by atoms with van der Waals surface area (Å²) < 4.78 is 10.7. The van der Waals surface area contributed by atoms with Gasteiger partial charge in [0.1, 0.15) is 5.01 Å². The van der Waals surface area contributed by atoms with Crippen molar-refractivity contribution >= 4 is 11.3 Å². The first-order chi connectivity index (χ1) is 9.28. The molecule has 2 heterocycles. The van der Waals surface area contributed by atoms with E-state index in [0.29, 0.717) is 6.79 Å². The fourth-order valence-electron chi connectivity index (χ4n) is 2.08. The molecular weight excluding hydrogens is 260 g/mol. The normalized spacial score (nSPS) is 14.6. The van der Waals surface area contributed by atoms with Crippen molar-refractivity contribution in [1.82, 2.24) is 4.98 Å². The van der Waals surface area contributed by atoms with E-state index in [0.717, 1.165) is 40.6 Å². The molecular formula is C14H16N2O2S. The van der Waals surface area contributed by atoms with E-state index in [4.69, 9.17) is 15.2 Å². The fraction of sp³-hybridized carbons (Fsp3) is 0.357. The van der Waals surface area contributed by atoms with Gasteiger partial charge in [-0.15, -0.1) is 11.3 Å². The lowest BCUT2D eigenvalue weighted by molar-refractivity contribution is 0.174. The first-order valence-electron chi connectivity index (χ1n) is 6.39. The van der Waals surface area contributed by atoms with Crippen molar-refractivity contribution in [1.29, 1.82) is 0 Å². The zero-order valence-corrected chi connectivity index (χ0v) is 11.6. The van der Waals surface area contributed by atoms with Gasteiger partial charge in [-0.3, -0.25) is 0 Å². The van der Waals surface area contributed by atoms with Gasteiger partial charge in [-0.1, -0.05) is 13.3 Å². The van der Waals surface area contributed by atoms with E-state index in [1.165, 1.54) is 0 Å². The molecule has 1 unspecified atom stereocenters. The molecule has 4 nitrogen and oxygen atoms in total. The van der Waals surface area contributed by atoms with Crippen LogP contribution in [0.2, 0.25) is 0 Å². The zero-order chi connectivity index (χ0) is 13.2. The topological polar surface area (TPSA) is 57.4 Å². The van der Waals surface area contributed by atoms with Crippen LogP contribution in [0.15, 0.2) is 23.6 Å². The lowest BCUT2D eigenvalue weighted by Gasteiger charge is -2.05. The number of aromatic nitrogens is 1. The molecule has 100 valence electrons. The quantitative estimate of drug-likeness (QED) is 0.930. The van der Waals surface area contributed by atoms with E-state index >= 15 is 0 Å². The number of fused-ring (bicyclic) bond motifs is 1. The Bertz CT molecular complexity index is 583. The highest BCUT2D eigenvalue weighted by atomic mass is 32.1. The van der Waals surface area contributed by atoms with Gasteiger partial charge in [0.05, 0.1) is 11.7 Å². The van der Waals surface area contributed by atoms with Crippen molar-refractivity contribution in [2.45, 2.75) is 25.8 Å². The van der Waals surface area contributed by atoms with E-state index in [1.807, 2.05) is 23.6 Å². The average molecular weight is 276 g/mol. The number of nitrogens with two attached hydrogens (primary N) is 1. The first kappa shape index (κ1) is 12.4. The van der Waals surface area contributed by atoms with Gasteiger partial charge in [0.2, 0.25) is 6.79 Å². The Hall–Kier alpha value is -1.59. The smallest absolute Gasteiger partial charge is 0.231 e. The van der Waals surface area contributed by atoms with Crippen molar-refractivity contribution in [3.05, 3.63) is 28.6 Å². The molecule has 1 aliphatic rings. The van der Waals surface area contributed by atoms with Gasteiger partial charge in [0.15, 0.2) is 11.5 Å². The molecule has 1 aromatic heterocycles. The van der Waals surface area contributed by atoms with Crippen LogP contribution in [0.4, 0.5) is 0 Å². The third-order valence-electron chi connectivity index (χ3n) is 3.11. The SMILES string of the molecule is CCCC(N)c1nc(-c2ccc3c(c2)OCO3)cs1. The van der Waals surface area contributed by atoms with Crippen LogP contribution in [0, 0.1) is 0 Å². The summed E-state index contributed by atoms with van der Waals surface area (Å²) in [7, 11) is 0. The van der Waals surface area contributed by atoms with Crippen LogP contribution in [-0.2, 0) is 0 Å². The third kappa shape index (κ3) is 2.43. The van der Waals surface area contributed by atoms with E-state index in [1.54, 1.807) is 11.3 Å². The molecule has 0 radical (unpaired) electrons. The molecule has 1 aliphatic heterocycles. The molecule has 5 heteroatoms. The molecule has 1 aromatic carbocycles. The maximum absolute atomic E-state index is 6.09. The number of thiazole rings is 1. The summed E-state index contributed by atoms with van der Waals surface area (Å²) >= 11 is 1.62. The Balaban J connectivity index is 1.86. The van der Waals surface area contributed by atoms with Crippen LogP contribution in [0.25, 0.3) is 11.3 Å². The fourth-order valence-corrected chi connectivity index (χ4v) is 2.95. The van der Waals surface area contributed by atoms with Crippen molar-refractivity contribution < 1.29 is 9.47 Å². The second-order valence-corrected chi connectivity index (χ2v) is 5.42. The molecule has 0 aliphatic carbocycles. The predicted molar refractivity (Wildman–Crippen MR) is 75.5 cm³/mol. The summed E-state index contributed by atoms with van der Waals surface area (Å²) in [5, 5.41) is 3.04. The molecule has 2 N–H and O–H groups in total. The summed E-state index contributed by atoms with van der Waals surface area (Å²) in [5.41, 5.74) is 8.08. The summed E-state index contributed by atoms with van der Waals surface area (Å²) in [6.07, 6.45) is 2.04. The molecule has 0 fully saturated rings. The molecule has 1 atom stereocenters. The Kier molecular flexibility index (Phi) is 3.40. The molecule has 0 amide bonds. The Morgan fingerprint density at radius 2 is 2.21 bits per heavy atom. The van der Waals surface area contributed by atoms with Crippen molar-refractivity contribution in [3.8, 4) is 22.8 Å². The Morgan fingerprint density at radius 3 is 3.05 bits per heavy atom. The minimum Gasteiger partial charge on any atom is -0.454 e. The van der Waals surface area contributed by atoms with Crippen LogP contribution in [0.3, 0.4) is 0 Å². The van der Waals surface area contributed by atoms with Crippen molar-refractivity contribution in [2.75, 3.05) is 6.79 Å². The monoisotopic (exact) mass is 276 g/mol. The van der Waals surface area contributed by atoms with Crippen molar-refractivity contribution in [3.63, 3.8) is 0 Å². The minimum atomic E-state index is 0.0396. The van der Waals surface area contributed by atoms with E-state index in [2.05, 4.69) is 11.9 Å². The van der Waals surface area contributed by atoms with Gasteiger partial charge >= 0.3 is 0 Å². The zero-order valence-electron chi connectivity index (χ0n) is 10.8. The lowest BCUT2D eigenvalue weighted by Crippen LogP contribution is -2.09. The molecule has 0 spiro atoms. The van der Waals surface area contributed by atoms with Crippen LogP contribution in [0.5, 0.6) is 11.5 Å². The van der Waals surface area contributed by atoms with Gasteiger partial charge in [-0.05, 0) is 24.6 Å². The molecule has 19 heavy (non-hydrogen) atoms. The molecule has 2 aromatic rings. The van der Waals surface area contributed by atoms with Crippen molar-refractivity contribution in [2.24, 2.45) is 5.73 Å². The maximum atomic E-state index is 6.09. The van der Waals surface area contributed by atoms with E-state index < -0.39 is 0 Å². The van der Waals surface area contributed by atoms with Gasteiger partial charge in [0, 0.05) is 10.9 Å². The largest absolute Gasteiger partial charge is 0.454 e. The second-order valence-electron chi connectivity index (χ2n) is 4.53. The van der Waals surface area contributed by atoms with E-state index in [-0.39, 0.29) is 6.04 Å². The standard InChI is InChI=1S/C14H16N2O2S/c1-2-3-10(15)14-16-11(7-19-14)9-4-5-12-13(6-9)18-8-17-12/h4-7,10H,2-3,8,15H2,1H3. The number of hydrogen-bond acceptors (Lipinski definition) is 5. The van der Waals surface area contributed by atoms with Gasteiger partial charge in [-0.2, -0.15) is 0 Å². The lowest BCUT2D eigenvalue weighted by atomic mass is 10.1. The van der Waals surface area contributed by atoms with Crippen LogP contribution in [0.1, 0.15) is 30.8 Å². The highest BCUT2D eigenvalue weighted by Crippen LogP contribution is 2.36.